The Kier molecular flexibility index (Phi) is 5.29. The molecule has 0 saturated carbocycles. The van der Waals surface area contributed by atoms with Crippen LogP contribution in [0.25, 0.3) is 22.0 Å². The van der Waals surface area contributed by atoms with E-state index in [-0.39, 0.29) is 11.2 Å². The van der Waals surface area contributed by atoms with Crippen LogP contribution in [-0.2, 0) is 12.0 Å². The molecule has 0 unspecified atom stereocenters. The van der Waals surface area contributed by atoms with Gasteiger partial charge in [-0.1, -0.05) is 63.2 Å². The molecule has 0 aliphatic carbocycles. The molecular formula is C26H24F3NO. The predicted molar refractivity (Wildman–Crippen MR) is 118 cm³/mol. The third-order valence-electron chi connectivity index (χ3n) is 5.37. The van der Waals surface area contributed by atoms with Crippen molar-refractivity contribution >= 4 is 10.9 Å². The molecule has 5 heteroatoms. The molecular weight excluding hydrogens is 399 g/mol. The summed E-state index contributed by atoms with van der Waals surface area (Å²) < 4.78 is 43.2. The van der Waals surface area contributed by atoms with E-state index in [9.17, 15) is 13.2 Å². The molecule has 4 aromatic rings. The van der Waals surface area contributed by atoms with Crippen molar-refractivity contribution in [1.29, 1.82) is 0 Å². The van der Waals surface area contributed by atoms with E-state index in [1.54, 1.807) is 12.1 Å². The van der Waals surface area contributed by atoms with Crippen molar-refractivity contribution in [3.8, 4) is 16.9 Å². The Balaban J connectivity index is 1.54. The van der Waals surface area contributed by atoms with Crippen molar-refractivity contribution in [2.75, 3.05) is 0 Å². The summed E-state index contributed by atoms with van der Waals surface area (Å²) in [5, 5.41) is 1.08. The highest BCUT2D eigenvalue weighted by Crippen LogP contribution is 2.29. The molecule has 160 valence electrons. The third kappa shape index (κ3) is 4.93. The van der Waals surface area contributed by atoms with Gasteiger partial charge in [-0.25, -0.2) is 0 Å². The van der Waals surface area contributed by atoms with Crippen LogP contribution in [0, 0.1) is 0 Å². The molecule has 0 aliphatic rings. The molecule has 2 nitrogen and oxygen atoms in total. The lowest BCUT2D eigenvalue weighted by molar-refractivity contribution is -0.274. The Morgan fingerprint density at radius 2 is 1.42 bits per heavy atom. The van der Waals surface area contributed by atoms with Gasteiger partial charge in [0.05, 0.1) is 0 Å². The zero-order chi connectivity index (χ0) is 22.2. The van der Waals surface area contributed by atoms with E-state index >= 15 is 0 Å². The molecule has 1 aromatic heterocycles. The van der Waals surface area contributed by atoms with Gasteiger partial charge in [0, 0.05) is 23.6 Å². The summed E-state index contributed by atoms with van der Waals surface area (Å²) >= 11 is 0. The number of hydrogen-bond acceptors (Lipinski definition) is 1. The van der Waals surface area contributed by atoms with Crippen molar-refractivity contribution in [1.82, 2.24) is 4.57 Å². The number of benzene rings is 3. The topological polar surface area (TPSA) is 14.2 Å². The summed E-state index contributed by atoms with van der Waals surface area (Å²) in [5.74, 6) is -0.221. The molecule has 0 aliphatic heterocycles. The van der Waals surface area contributed by atoms with Crippen LogP contribution < -0.4 is 4.74 Å². The Hall–Kier alpha value is -3.21. The Labute approximate surface area is 179 Å². The van der Waals surface area contributed by atoms with Gasteiger partial charge in [0.15, 0.2) is 0 Å². The van der Waals surface area contributed by atoms with Crippen LogP contribution >= 0.6 is 0 Å². The van der Waals surface area contributed by atoms with Gasteiger partial charge < -0.3 is 9.30 Å². The van der Waals surface area contributed by atoms with E-state index < -0.39 is 6.36 Å². The molecule has 0 spiro atoms. The van der Waals surface area contributed by atoms with Gasteiger partial charge in [0.25, 0.3) is 0 Å². The van der Waals surface area contributed by atoms with Crippen LogP contribution in [0.2, 0.25) is 0 Å². The van der Waals surface area contributed by atoms with E-state index in [4.69, 9.17) is 0 Å². The second kappa shape index (κ2) is 7.80. The van der Waals surface area contributed by atoms with Crippen LogP contribution in [0.15, 0.2) is 79.0 Å². The van der Waals surface area contributed by atoms with E-state index in [1.807, 2.05) is 18.2 Å². The van der Waals surface area contributed by atoms with Crippen LogP contribution in [0.5, 0.6) is 5.75 Å². The summed E-state index contributed by atoms with van der Waals surface area (Å²) in [5.41, 5.74) is 5.56. The summed E-state index contributed by atoms with van der Waals surface area (Å²) in [6.45, 7) is 7.39. The maximum Gasteiger partial charge on any atom is 0.573 e. The fourth-order valence-corrected chi connectivity index (χ4v) is 3.67. The number of rotatable bonds is 4. The SMILES string of the molecule is CC(C)(C)c1ccc(Cn2ccc3cc(-c4ccc(OC(F)(F)F)cc4)ccc32)cc1. The number of halogens is 3. The highest BCUT2D eigenvalue weighted by Gasteiger charge is 2.30. The van der Waals surface area contributed by atoms with Gasteiger partial charge >= 0.3 is 6.36 Å². The number of aromatic nitrogens is 1. The molecule has 0 amide bonds. The normalized spacial score (nSPS) is 12.3. The minimum absolute atomic E-state index is 0.131. The second-order valence-corrected chi connectivity index (χ2v) is 8.74. The van der Waals surface area contributed by atoms with E-state index in [2.05, 4.69) is 66.6 Å². The summed E-state index contributed by atoms with van der Waals surface area (Å²) in [4.78, 5) is 0. The fourth-order valence-electron chi connectivity index (χ4n) is 3.67. The standard InChI is InChI=1S/C26H24F3NO/c1-25(2,3)22-9-4-18(5-10-22)17-30-15-14-21-16-20(8-13-24(21)30)19-6-11-23(12-7-19)31-26(27,28)29/h4-16H,17H2,1-3H3. The van der Waals surface area contributed by atoms with E-state index in [0.717, 1.165) is 28.6 Å². The van der Waals surface area contributed by atoms with Crippen molar-refractivity contribution in [2.24, 2.45) is 0 Å². The molecule has 4 rings (SSSR count). The lowest BCUT2D eigenvalue weighted by atomic mass is 9.87. The molecule has 0 fully saturated rings. The van der Waals surface area contributed by atoms with Gasteiger partial charge in [-0.3, -0.25) is 0 Å². The monoisotopic (exact) mass is 423 g/mol. The molecule has 0 radical (unpaired) electrons. The van der Waals surface area contributed by atoms with Crippen molar-refractivity contribution < 1.29 is 17.9 Å². The lowest BCUT2D eigenvalue weighted by Gasteiger charge is -2.19. The minimum atomic E-state index is -4.68. The first kappa shape index (κ1) is 21.0. The molecule has 3 aromatic carbocycles. The summed E-state index contributed by atoms with van der Waals surface area (Å²) in [6.07, 6.45) is -2.62. The van der Waals surface area contributed by atoms with Crippen LogP contribution in [0.3, 0.4) is 0 Å². The molecule has 0 bridgehead atoms. The van der Waals surface area contributed by atoms with Gasteiger partial charge in [0.2, 0.25) is 0 Å². The smallest absolute Gasteiger partial charge is 0.406 e. The molecule has 31 heavy (non-hydrogen) atoms. The number of alkyl halides is 3. The molecule has 0 N–H and O–H groups in total. The third-order valence-corrected chi connectivity index (χ3v) is 5.37. The molecule has 0 saturated heterocycles. The van der Waals surface area contributed by atoms with Crippen LogP contribution in [0.1, 0.15) is 31.9 Å². The summed E-state index contributed by atoms with van der Waals surface area (Å²) in [7, 11) is 0. The number of nitrogens with zero attached hydrogens (tertiary/aromatic N) is 1. The average molecular weight is 423 g/mol. The number of ether oxygens (including phenoxy) is 1. The van der Waals surface area contributed by atoms with E-state index in [0.29, 0.717) is 0 Å². The quantitative estimate of drug-likeness (QED) is 0.330. The van der Waals surface area contributed by atoms with Crippen LogP contribution in [-0.4, -0.2) is 10.9 Å². The molecule has 0 atom stereocenters. The average Bonchev–Trinajstić information content (AvgIpc) is 3.09. The minimum Gasteiger partial charge on any atom is -0.406 e. The van der Waals surface area contributed by atoms with E-state index in [1.165, 1.54) is 23.3 Å². The number of fused-ring (bicyclic) bond motifs is 1. The number of hydrogen-bond donors (Lipinski definition) is 0. The van der Waals surface area contributed by atoms with Gasteiger partial charge in [-0.2, -0.15) is 0 Å². The maximum absolute atomic E-state index is 12.3. The maximum atomic E-state index is 12.3. The molecule has 1 heterocycles. The fraction of sp³-hybridized carbons (Fsp3) is 0.231. The largest absolute Gasteiger partial charge is 0.573 e. The van der Waals surface area contributed by atoms with Crippen molar-refractivity contribution in [3.63, 3.8) is 0 Å². The Bertz CT molecular complexity index is 1180. The highest BCUT2D eigenvalue weighted by molar-refractivity contribution is 5.85. The van der Waals surface area contributed by atoms with Crippen LogP contribution in [0.4, 0.5) is 13.2 Å². The van der Waals surface area contributed by atoms with Gasteiger partial charge in [0.1, 0.15) is 5.75 Å². The van der Waals surface area contributed by atoms with Gasteiger partial charge in [-0.15, -0.1) is 13.2 Å². The lowest BCUT2D eigenvalue weighted by Crippen LogP contribution is -2.16. The van der Waals surface area contributed by atoms with Gasteiger partial charge in [-0.05, 0) is 58.0 Å². The predicted octanol–water partition coefficient (Wildman–Crippen LogP) is 7.55. The first-order valence-electron chi connectivity index (χ1n) is 10.1. The zero-order valence-electron chi connectivity index (χ0n) is 17.7. The summed E-state index contributed by atoms with van der Waals surface area (Å²) in [6, 6.07) is 22.8. The highest BCUT2D eigenvalue weighted by atomic mass is 19.4. The first-order valence-corrected chi connectivity index (χ1v) is 10.1. The second-order valence-electron chi connectivity index (χ2n) is 8.74. The van der Waals surface area contributed by atoms with Crippen molar-refractivity contribution in [2.45, 2.75) is 39.1 Å². The Morgan fingerprint density at radius 1 is 0.774 bits per heavy atom. The zero-order valence-corrected chi connectivity index (χ0v) is 17.7. The van der Waals surface area contributed by atoms with Crippen molar-refractivity contribution in [3.05, 3.63) is 90.1 Å². The Morgan fingerprint density at radius 3 is 2.03 bits per heavy atom. The first-order chi connectivity index (χ1) is 14.6.